The first kappa shape index (κ1) is 26.3. The summed E-state index contributed by atoms with van der Waals surface area (Å²) in [4.78, 5) is 55.6. The molecule has 7 nitrogen and oxygen atoms in total. The molecule has 1 heterocycles. The molecule has 2 aromatic carbocycles. The van der Waals surface area contributed by atoms with Gasteiger partial charge in [-0.15, -0.1) is 0 Å². The summed E-state index contributed by atoms with van der Waals surface area (Å²) in [7, 11) is 0. The predicted molar refractivity (Wildman–Crippen MR) is 141 cm³/mol. The summed E-state index contributed by atoms with van der Waals surface area (Å²) >= 11 is 0. The monoisotopic (exact) mass is 501 g/mol. The standard InChI is InChI=1S/C30H35N3O4/c1-3-31-28(35)26(19-22-9-5-4-6-10-22)33(20-23-15-13-21(2)14-16-23)27(34)17-18-32-29(36)24-11-7-8-12-25(24)30(32)37/h4-10,13-16,24-26H,3,11-12,17-20H2,1-2H3,(H,31,35)/t24-,25+,26-/m1/s1. The number of allylic oxidation sites excluding steroid dienone is 2. The van der Waals surface area contributed by atoms with E-state index in [9.17, 15) is 19.2 Å². The van der Waals surface area contributed by atoms with Crippen LogP contribution in [0.15, 0.2) is 66.7 Å². The minimum absolute atomic E-state index is 0.0269. The van der Waals surface area contributed by atoms with Crippen LogP contribution >= 0.6 is 0 Å². The van der Waals surface area contributed by atoms with E-state index in [-0.39, 0.29) is 55.0 Å². The van der Waals surface area contributed by atoms with Crippen molar-refractivity contribution in [2.45, 2.75) is 52.1 Å². The quantitative estimate of drug-likeness (QED) is 0.399. The van der Waals surface area contributed by atoms with Gasteiger partial charge in [0.1, 0.15) is 6.04 Å². The number of benzene rings is 2. The van der Waals surface area contributed by atoms with E-state index in [1.807, 2.05) is 80.6 Å². The van der Waals surface area contributed by atoms with E-state index in [0.29, 0.717) is 25.8 Å². The van der Waals surface area contributed by atoms with Crippen LogP contribution in [0.2, 0.25) is 0 Å². The lowest BCUT2D eigenvalue weighted by Crippen LogP contribution is -2.51. The maximum atomic E-state index is 13.7. The van der Waals surface area contributed by atoms with Gasteiger partial charge in [0.05, 0.1) is 11.8 Å². The van der Waals surface area contributed by atoms with Crippen LogP contribution in [0, 0.1) is 18.8 Å². The van der Waals surface area contributed by atoms with Gasteiger partial charge in [-0.1, -0.05) is 72.3 Å². The van der Waals surface area contributed by atoms with Crippen molar-refractivity contribution in [2.24, 2.45) is 11.8 Å². The molecule has 4 amide bonds. The molecular formula is C30H35N3O4. The number of hydrogen-bond acceptors (Lipinski definition) is 4. The zero-order valence-corrected chi connectivity index (χ0v) is 21.6. The number of amides is 4. The normalized spacial score (nSPS) is 19.5. The van der Waals surface area contributed by atoms with E-state index in [1.54, 1.807) is 4.90 Å². The van der Waals surface area contributed by atoms with Crippen molar-refractivity contribution < 1.29 is 19.2 Å². The van der Waals surface area contributed by atoms with Gasteiger partial charge in [0, 0.05) is 32.5 Å². The Morgan fingerprint density at radius 1 is 0.946 bits per heavy atom. The molecule has 1 aliphatic carbocycles. The maximum absolute atomic E-state index is 13.7. The molecule has 0 unspecified atom stereocenters. The number of carbonyl (C=O) groups is 4. The molecule has 2 aliphatic rings. The van der Waals surface area contributed by atoms with Gasteiger partial charge in [-0.3, -0.25) is 24.1 Å². The van der Waals surface area contributed by atoms with Gasteiger partial charge < -0.3 is 10.2 Å². The molecule has 1 aliphatic heterocycles. The lowest BCUT2D eigenvalue weighted by molar-refractivity contribution is -0.144. The van der Waals surface area contributed by atoms with Crippen LogP contribution in [-0.2, 0) is 32.1 Å². The van der Waals surface area contributed by atoms with Gasteiger partial charge in [0.2, 0.25) is 23.6 Å². The Morgan fingerprint density at radius 2 is 1.57 bits per heavy atom. The number of nitrogens with one attached hydrogen (secondary N) is 1. The van der Waals surface area contributed by atoms with Crippen molar-refractivity contribution in [1.82, 2.24) is 15.1 Å². The Bertz CT molecular complexity index is 1130. The van der Waals surface area contributed by atoms with E-state index < -0.39 is 6.04 Å². The lowest BCUT2D eigenvalue weighted by atomic mass is 9.85. The second-order valence-corrected chi connectivity index (χ2v) is 9.84. The van der Waals surface area contributed by atoms with Gasteiger partial charge in [-0.25, -0.2) is 0 Å². The fourth-order valence-electron chi connectivity index (χ4n) is 5.18. The highest BCUT2D eigenvalue weighted by molar-refractivity contribution is 6.05. The van der Waals surface area contributed by atoms with Crippen molar-refractivity contribution in [3.63, 3.8) is 0 Å². The van der Waals surface area contributed by atoms with Crippen LogP contribution < -0.4 is 5.32 Å². The second-order valence-electron chi connectivity index (χ2n) is 9.84. The van der Waals surface area contributed by atoms with Crippen molar-refractivity contribution in [3.05, 3.63) is 83.4 Å². The highest BCUT2D eigenvalue weighted by Gasteiger charge is 2.47. The minimum Gasteiger partial charge on any atom is -0.355 e. The van der Waals surface area contributed by atoms with E-state index in [2.05, 4.69) is 5.32 Å². The lowest BCUT2D eigenvalue weighted by Gasteiger charge is -2.32. The molecule has 194 valence electrons. The highest BCUT2D eigenvalue weighted by atomic mass is 16.2. The summed E-state index contributed by atoms with van der Waals surface area (Å²) in [5.74, 6) is -1.52. The average Bonchev–Trinajstić information content (AvgIpc) is 3.15. The van der Waals surface area contributed by atoms with Crippen LogP contribution in [0.1, 0.15) is 42.9 Å². The van der Waals surface area contributed by atoms with Crippen molar-refractivity contribution in [2.75, 3.05) is 13.1 Å². The molecule has 7 heteroatoms. The third-order valence-corrected chi connectivity index (χ3v) is 7.24. The molecular weight excluding hydrogens is 466 g/mol. The Labute approximate surface area is 218 Å². The van der Waals surface area contributed by atoms with E-state index in [0.717, 1.165) is 16.7 Å². The molecule has 1 saturated heterocycles. The minimum atomic E-state index is -0.729. The number of nitrogens with zero attached hydrogens (tertiary/aromatic N) is 2. The zero-order chi connectivity index (χ0) is 26.4. The predicted octanol–water partition coefficient (Wildman–Crippen LogP) is 3.41. The fourth-order valence-corrected chi connectivity index (χ4v) is 5.18. The summed E-state index contributed by atoms with van der Waals surface area (Å²) in [6.07, 6.45) is 5.36. The number of hydrogen-bond donors (Lipinski definition) is 1. The molecule has 0 bridgehead atoms. The Morgan fingerprint density at radius 3 is 2.16 bits per heavy atom. The molecule has 0 spiro atoms. The summed E-state index contributed by atoms with van der Waals surface area (Å²) in [5.41, 5.74) is 2.96. The van der Waals surface area contributed by atoms with Crippen LogP contribution in [0.4, 0.5) is 0 Å². The van der Waals surface area contributed by atoms with Crippen molar-refractivity contribution >= 4 is 23.6 Å². The molecule has 3 atom stereocenters. The number of likely N-dealkylation sites (N-methyl/N-ethyl adjacent to an activating group) is 1. The molecule has 1 fully saturated rings. The molecule has 4 rings (SSSR count). The first-order valence-corrected chi connectivity index (χ1v) is 13.1. The van der Waals surface area contributed by atoms with Crippen LogP contribution in [0.25, 0.3) is 0 Å². The highest BCUT2D eigenvalue weighted by Crippen LogP contribution is 2.35. The Kier molecular flexibility index (Phi) is 8.54. The van der Waals surface area contributed by atoms with Crippen molar-refractivity contribution in [3.8, 4) is 0 Å². The van der Waals surface area contributed by atoms with Gasteiger partial charge >= 0.3 is 0 Å². The average molecular weight is 502 g/mol. The molecule has 0 radical (unpaired) electrons. The van der Waals surface area contributed by atoms with E-state index in [4.69, 9.17) is 0 Å². The Hall–Kier alpha value is -3.74. The summed E-state index contributed by atoms with van der Waals surface area (Å²) in [6.45, 7) is 4.58. The van der Waals surface area contributed by atoms with E-state index >= 15 is 0 Å². The molecule has 37 heavy (non-hydrogen) atoms. The largest absolute Gasteiger partial charge is 0.355 e. The third kappa shape index (κ3) is 6.16. The SMILES string of the molecule is CCNC(=O)[C@@H](Cc1ccccc1)N(Cc1ccc(C)cc1)C(=O)CCN1C(=O)[C@H]2CC=CC[C@H]2C1=O. The number of fused-ring (bicyclic) bond motifs is 1. The van der Waals surface area contributed by atoms with Gasteiger partial charge in [0.15, 0.2) is 0 Å². The fraction of sp³-hybridized carbons (Fsp3) is 0.400. The summed E-state index contributed by atoms with van der Waals surface area (Å²) in [5, 5.41) is 2.88. The van der Waals surface area contributed by atoms with Gasteiger partial charge in [-0.05, 0) is 37.8 Å². The summed E-state index contributed by atoms with van der Waals surface area (Å²) < 4.78 is 0. The number of likely N-dealkylation sites (tertiary alicyclic amines) is 1. The number of imide groups is 1. The van der Waals surface area contributed by atoms with Crippen LogP contribution in [-0.4, -0.2) is 52.6 Å². The maximum Gasteiger partial charge on any atom is 0.243 e. The summed E-state index contributed by atoms with van der Waals surface area (Å²) in [6, 6.07) is 16.8. The smallest absolute Gasteiger partial charge is 0.243 e. The number of rotatable bonds is 10. The second kappa shape index (κ2) is 12.0. The van der Waals surface area contributed by atoms with Crippen LogP contribution in [0.5, 0.6) is 0 Å². The molecule has 0 aromatic heterocycles. The van der Waals surface area contributed by atoms with Crippen molar-refractivity contribution in [1.29, 1.82) is 0 Å². The van der Waals surface area contributed by atoms with E-state index in [1.165, 1.54) is 4.90 Å². The van der Waals surface area contributed by atoms with Crippen LogP contribution in [0.3, 0.4) is 0 Å². The molecule has 2 aromatic rings. The third-order valence-electron chi connectivity index (χ3n) is 7.24. The first-order valence-electron chi connectivity index (χ1n) is 13.1. The Balaban J connectivity index is 1.56. The molecule has 1 N–H and O–H groups in total. The molecule has 0 saturated carbocycles. The zero-order valence-electron chi connectivity index (χ0n) is 21.6. The van der Waals surface area contributed by atoms with Gasteiger partial charge in [0.25, 0.3) is 0 Å². The number of carbonyl (C=O) groups excluding carboxylic acids is 4. The van der Waals surface area contributed by atoms with Gasteiger partial charge in [-0.2, -0.15) is 0 Å². The topological polar surface area (TPSA) is 86.8 Å². The number of aryl methyl sites for hydroxylation is 1. The first-order chi connectivity index (χ1) is 17.9.